The molecule has 1 aliphatic rings. The van der Waals surface area contributed by atoms with Crippen molar-refractivity contribution in [2.45, 2.75) is 57.6 Å². The van der Waals surface area contributed by atoms with Crippen molar-refractivity contribution in [3.63, 3.8) is 0 Å². The largest absolute Gasteiger partial charge is 0.501 e. The standard InChI is InChI=1S/C17H27ClO3Si/c1-5-19-22(20-11-10-14(3)21-22)12-13(2)16-6-8-17(9-7-16)15(4)18/h6-9,13-15H,5,10-12H2,1-4H3. The molecule has 2 rings (SSSR count). The Balaban J connectivity index is 2.08. The van der Waals surface area contributed by atoms with Crippen molar-refractivity contribution in [3.8, 4) is 0 Å². The van der Waals surface area contributed by atoms with Crippen molar-refractivity contribution in [1.82, 2.24) is 0 Å². The van der Waals surface area contributed by atoms with Crippen molar-refractivity contribution in [2.24, 2.45) is 0 Å². The number of alkyl halides is 1. The van der Waals surface area contributed by atoms with Crippen LogP contribution in [0.15, 0.2) is 24.3 Å². The molecule has 1 aliphatic heterocycles. The summed E-state index contributed by atoms with van der Waals surface area (Å²) in [7, 11) is -2.55. The van der Waals surface area contributed by atoms with Crippen molar-refractivity contribution in [1.29, 1.82) is 0 Å². The van der Waals surface area contributed by atoms with Crippen LogP contribution in [0.2, 0.25) is 6.04 Å². The van der Waals surface area contributed by atoms with Gasteiger partial charge in [0, 0.05) is 25.4 Å². The third-order valence-electron chi connectivity index (χ3n) is 4.11. The van der Waals surface area contributed by atoms with Crippen molar-refractivity contribution >= 4 is 20.4 Å². The number of hydrogen-bond donors (Lipinski definition) is 0. The summed E-state index contributed by atoms with van der Waals surface area (Å²) in [4.78, 5) is 0. The average molecular weight is 343 g/mol. The summed E-state index contributed by atoms with van der Waals surface area (Å²) < 4.78 is 18.1. The Kier molecular flexibility index (Phi) is 6.47. The predicted molar refractivity (Wildman–Crippen MR) is 92.4 cm³/mol. The van der Waals surface area contributed by atoms with Gasteiger partial charge in [-0.25, -0.2) is 0 Å². The third kappa shape index (κ3) is 4.55. The molecule has 22 heavy (non-hydrogen) atoms. The number of halogens is 1. The lowest BCUT2D eigenvalue weighted by Crippen LogP contribution is -2.52. The van der Waals surface area contributed by atoms with Crippen molar-refractivity contribution < 1.29 is 13.3 Å². The molecule has 1 saturated heterocycles. The predicted octanol–water partition coefficient (Wildman–Crippen LogP) is 4.89. The maximum atomic E-state index is 6.14. The molecule has 3 nitrogen and oxygen atoms in total. The molecule has 0 spiro atoms. The molecular weight excluding hydrogens is 316 g/mol. The van der Waals surface area contributed by atoms with E-state index in [0.717, 1.165) is 24.6 Å². The van der Waals surface area contributed by atoms with E-state index < -0.39 is 8.80 Å². The van der Waals surface area contributed by atoms with E-state index in [2.05, 4.69) is 38.1 Å². The van der Waals surface area contributed by atoms with E-state index in [9.17, 15) is 0 Å². The molecule has 1 fully saturated rings. The van der Waals surface area contributed by atoms with Gasteiger partial charge in [0.15, 0.2) is 0 Å². The van der Waals surface area contributed by atoms with E-state index in [1.165, 1.54) is 5.56 Å². The molecule has 1 aromatic rings. The van der Waals surface area contributed by atoms with Gasteiger partial charge in [-0.15, -0.1) is 11.6 Å². The topological polar surface area (TPSA) is 27.7 Å². The van der Waals surface area contributed by atoms with Crippen molar-refractivity contribution in [3.05, 3.63) is 35.4 Å². The van der Waals surface area contributed by atoms with E-state index in [1.807, 2.05) is 13.8 Å². The van der Waals surface area contributed by atoms with Crippen molar-refractivity contribution in [2.75, 3.05) is 13.2 Å². The Bertz CT molecular complexity index is 461. The lowest BCUT2D eigenvalue weighted by Gasteiger charge is -2.37. The molecular formula is C17H27ClO3Si. The molecule has 0 radical (unpaired) electrons. The molecule has 0 aromatic heterocycles. The SMILES string of the molecule is CCO[Si]1(CC(C)c2ccc(C(C)Cl)cc2)OCCC(C)O1. The van der Waals surface area contributed by atoms with Crippen LogP contribution in [0.1, 0.15) is 56.5 Å². The molecule has 0 bridgehead atoms. The monoisotopic (exact) mass is 342 g/mol. The number of rotatable bonds is 6. The molecule has 0 N–H and O–H groups in total. The van der Waals surface area contributed by atoms with Gasteiger partial charge in [-0.05, 0) is 44.2 Å². The number of hydrogen-bond acceptors (Lipinski definition) is 3. The highest BCUT2D eigenvalue weighted by molar-refractivity contribution is 6.61. The molecule has 4 atom stereocenters. The van der Waals surface area contributed by atoms with Gasteiger partial charge in [0.05, 0.1) is 5.38 Å². The van der Waals surface area contributed by atoms with E-state index in [-0.39, 0.29) is 11.5 Å². The lowest BCUT2D eigenvalue weighted by molar-refractivity contribution is -0.0119. The van der Waals surface area contributed by atoms with Gasteiger partial charge in [-0.2, -0.15) is 0 Å². The van der Waals surface area contributed by atoms with Crippen LogP contribution in [0.4, 0.5) is 0 Å². The first-order valence-electron chi connectivity index (χ1n) is 8.15. The molecule has 4 unspecified atom stereocenters. The highest BCUT2D eigenvalue weighted by atomic mass is 35.5. The van der Waals surface area contributed by atoms with Gasteiger partial charge >= 0.3 is 8.80 Å². The van der Waals surface area contributed by atoms with E-state index >= 15 is 0 Å². The fourth-order valence-corrected chi connectivity index (χ4v) is 6.11. The Morgan fingerprint density at radius 2 is 1.91 bits per heavy atom. The number of benzene rings is 1. The second-order valence-corrected chi connectivity index (χ2v) is 9.31. The zero-order valence-corrected chi connectivity index (χ0v) is 15.7. The fourth-order valence-electron chi connectivity index (χ4n) is 2.82. The van der Waals surface area contributed by atoms with Crippen LogP contribution in [0.3, 0.4) is 0 Å². The van der Waals surface area contributed by atoms with Gasteiger partial charge in [-0.1, -0.05) is 31.2 Å². The second kappa shape index (κ2) is 7.93. The smallest absolute Gasteiger partial charge is 0.374 e. The first-order valence-corrected chi connectivity index (χ1v) is 10.5. The summed E-state index contributed by atoms with van der Waals surface area (Å²) >= 11 is 6.12. The molecule has 124 valence electrons. The summed E-state index contributed by atoms with van der Waals surface area (Å²) in [5.74, 6) is 0.336. The summed E-state index contributed by atoms with van der Waals surface area (Å²) in [6.07, 6.45) is 1.16. The average Bonchev–Trinajstić information content (AvgIpc) is 2.47. The molecule has 0 amide bonds. The van der Waals surface area contributed by atoms with E-state index in [4.69, 9.17) is 24.9 Å². The Hall–Kier alpha value is -0.393. The Labute approximate surface area is 140 Å². The van der Waals surface area contributed by atoms with Crippen LogP contribution < -0.4 is 0 Å². The second-order valence-electron chi connectivity index (χ2n) is 6.07. The van der Waals surface area contributed by atoms with Gasteiger partial charge in [0.2, 0.25) is 0 Å². The van der Waals surface area contributed by atoms with Crippen LogP contribution in [0.5, 0.6) is 0 Å². The Morgan fingerprint density at radius 1 is 1.27 bits per heavy atom. The quantitative estimate of drug-likeness (QED) is 0.544. The van der Waals surface area contributed by atoms with Crippen LogP contribution >= 0.6 is 11.6 Å². The summed E-state index contributed by atoms with van der Waals surface area (Å²) in [5, 5.41) is 0.0411. The molecule has 0 saturated carbocycles. The minimum atomic E-state index is -2.55. The molecule has 5 heteroatoms. The lowest BCUT2D eigenvalue weighted by atomic mass is 10.0. The molecule has 1 aromatic carbocycles. The maximum Gasteiger partial charge on any atom is 0.501 e. The summed E-state index contributed by atoms with van der Waals surface area (Å²) in [6, 6.07) is 9.33. The minimum Gasteiger partial charge on any atom is -0.374 e. The molecule has 0 aliphatic carbocycles. The van der Waals surface area contributed by atoms with E-state index in [0.29, 0.717) is 12.5 Å². The highest BCUT2D eigenvalue weighted by Gasteiger charge is 2.46. The van der Waals surface area contributed by atoms with Crippen LogP contribution in [0, 0.1) is 0 Å². The first kappa shape index (κ1) is 18.0. The first-order chi connectivity index (χ1) is 10.5. The van der Waals surface area contributed by atoms with Gasteiger partial charge in [-0.3, -0.25) is 0 Å². The minimum absolute atomic E-state index is 0.0411. The summed E-state index contributed by atoms with van der Waals surface area (Å²) in [6.45, 7) is 9.67. The molecule has 1 heterocycles. The van der Waals surface area contributed by atoms with Gasteiger partial charge in [0.1, 0.15) is 0 Å². The van der Waals surface area contributed by atoms with Gasteiger partial charge in [0.25, 0.3) is 0 Å². The summed E-state index contributed by atoms with van der Waals surface area (Å²) in [5.41, 5.74) is 2.42. The zero-order chi connectivity index (χ0) is 16.2. The van der Waals surface area contributed by atoms with Crippen LogP contribution in [-0.2, 0) is 13.3 Å². The van der Waals surface area contributed by atoms with Crippen LogP contribution in [0.25, 0.3) is 0 Å². The van der Waals surface area contributed by atoms with Gasteiger partial charge < -0.3 is 13.3 Å². The zero-order valence-electron chi connectivity index (χ0n) is 14.0. The fraction of sp³-hybridized carbons (Fsp3) is 0.647. The Morgan fingerprint density at radius 3 is 2.45 bits per heavy atom. The van der Waals surface area contributed by atoms with Crippen LogP contribution in [-0.4, -0.2) is 28.1 Å². The third-order valence-corrected chi connectivity index (χ3v) is 7.61. The maximum absolute atomic E-state index is 6.14. The van der Waals surface area contributed by atoms with E-state index in [1.54, 1.807) is 0 Å². The normalized spacial score (nSPS) is 28.3. The highest BCUT2D eigenvalue weighted by Crippen LogP contribution is 2.33.